The molecule has 39 heavy (non-hydrogen) atoms. The normalized spacial score (nSPS) is 12.6. The van der Waals surface area contributed by atoms with E-state index in [-0.39, 0.29) is 16.8 Å². The number of methoxy groups -OCH3 is 1. The highest BCUT2D eigenvalue weighted by Crippen LogP contribution is 2.50. The number of ether oxygens (including phenoxy) is 1. The Morgan fingerprint density at radius 1 is 0.795 bits per heavy atom. The summed E-state index contributed by atoms with van der Waals surface area (Å²) in [5, 5.41) is 8.98. The van der Waals surface area contributed by atoms with Crippen LogP contribution in [0.1, 0.15) is 57.2 Å². The number of thioether (sulfide) groups is 1. The topological polar surface area (TPSA) is 54.7 Å². The van der Waals surface area contributed by atoms with Crippen LogP contribution in [-0.4, -0.2) is 42.8 Å². The summed E-state index contributed by atoms with van der Waals surface area (Å²) < 4.78 is 19.8. The van der Waals surface area contributed by atoms with Crippen molar-refractivity contribution >= 4 is 20.3 Å². The standard InChI is InChI=1S/C32H41N2O3PS/c1-26(2)34(27(3)4)38(36-23-12-22-33)37-24-13-25-39-32(28-14-8-6-9-15-28,29-16-10-7-11-17-29)30-18-20-31(35-5)21-19-30/h6-11,14-21,26-27H,12-13,23-25H2,1-5H3. The molecule has 3 aromatic carbocycles. The molecule has 0 aliphatic heterocycles. The van der Waals surface area contributed by atoms with Gasteiger partial charge in [0.2, 0.25) is 0 Å². The van der Waals surface area contributed by atoms with Gasteiger partial charge >= 0.3 is 0 Å². The molecule has 1 unspecified atom stereocenters. The maximum absolute atomic E-state index is 8.98. The van der Waals surface area contributed by atoms with E-state index >= 15 is 0 Å². The van der Waals surface area contributed by atoms with E-state index in [1.807, 2.05) is 23.9 Å². The molecular weight excluding hydrogens is 523 g/mol. The minimum Gasteiger partial charge on any atom is -0.497 e. The highest BCUT2D eigenvalue weighted by atomic mass is 32.2. The zero-order chi connectivity index (χ0) is 28.1. The average molecular weight is 565 g/mol. The van der Waals surface area contributed by atoms with E-state index in [0.29, 0.717) is 19.6 Å². The summed E-state index contributed by atoms with van der Waals surface area (Å²) in [6.45, 7) is 9.60. The van der Waals surface area contributed by atoms with Crippen molar-refractivity contribution in [3.8, 4) is 11.8 Å². The van der Waals surface area contributed by atoms with Crippen LogP contribution in [0, 0.1) is 11.3 Å². The molecule has 0 fully saturated rings. The van der Waals surface area contributed by atoms with Crippen LogP contribution in [0.4, 0.5) is 0 Å². The minimum absolute atomic E-state index is 0.284. The fourth-order valence-corrected chi connectivity index (χ4v) is 7.77. The predicted octanol–water partition coefficient (Wildman–Crippen LogP) is 8.40. The Labute approximate surface area is 240 Å². The first-order valence-corrected chi connectivity index (χ1v) is 15.7. The summed E-state index contributed by atoms with van der Waals surface area (Å²) in [5.41, 5.74) is 3.68. The highest BCUT2D eigenvalue weighted by Gasteiger charge is 2.37. The molecule has 0 spiro atoms. The van der Waals surface area contributed by atoms with Crippen LogP contribution in [0.3, 0.4) is 0 Å². The van der Waals surface area contributed by atoms with E-state index in [0.717, 1.165) is 17.9 Å². The Bertz CT molecular complexity index is 1090. The number of nitrogens with zero attached hydrogens (tertiary/aromatic N) is 2. The van der Waals surface area contributed by atoms with Gasteiger partial charge < -0.3 is 13.8 Å². The van der Waals surface area contributed by atoms with Crippen LogP contribution in [0.2, 0.25) is 0 Å². The lowest BCUT2D eigenvalue weighted by atomic mass is 9.84. The van der Waals surface area contributed by atoms with Crippen LogP contribution < -0.4 is 4.74 Å². The summed E-state index contributed by atoms with van der Waals surface area (Å²) >= 11 is 1.92. The first-order chi connectivity index (χ1) is 18.9. The lowest BCUT2D eigenvalue weighted by molar-refractivity contribution is 0.177. The molecule has 0 aliphatic rings. The van der Waals surface area contributed by atoms with Crippen LogP contribution in [-0.2, 0) is 13.8 Å². The van der Waals surface area contributed by atoms with Gasteiger partial charge in [-0.05, 0) is 68.7 Å². The van der Waals surface area contributed by atoms with Gasteiger partial charge in [0, 0.05) is 12.1 Å². The van der Waals surface area contributed by atoms with Crippen molar-refractivity contribution < 1.29 is 13.8 Å². The summed E-state index contributed by atoms with van der Waals surface area (Å²) in [6, 6.07) is 32.6. The number of benzene rings is 3. The van der Waals surface area contributed by atoms with Crippen molar-refractivity contribution in [1.29, 1.82) is 5.26 Å². The maximum Gasteiger partial charge on any atom is 0.259 e. The highest BCUT2D eigenvalue weighted by molar-refractivity contribution is 8.00. The quantitative estimate of drug-likeness (QED) is 0.0989. The zero-order valence-corrected chi connectivity index (χ0v) is 25.5. The Morgan fingerprint density at radius 2 is 1.31 bits per heavy atom. The predicted molar refractivity (Wildman–Crippen MR) is 164 cm³/mol. The molecule has 0 saturated heterocycles. The lowest BCUT2D eigenvalue weighted by Crippen LogP contribution is -2.33. The van der Waals surface area contributed by atoms with Crippen molar-refractivity contribution in [3.05, 3.63) is 102 Å². The van der Waals surface area contributed by atoms with Crippen LogP contribution in [0.25, 0.3) is 0 Å². The zero-order valence-electron chi connectivity index (χ0n) is 23.7. The third-order valence-corrected chi connectivity index (χ3v) is 10.1. The first kappa shape index (κ1) is 31.1. The number of nitriles is 1. The van der Waals surface area contributed by atoms with Crippen molar-refractivity contribution in [2.75, 3.05) is 26.1 Å². The molecule has 0 heterocycles. The molecule has 7 heteroatoms. The summed E-state index contributed by atoms with van der Waals surface area (Å²) in [4.78, 5) is 0. The summed E-state index contributed by atoms with van der Waals surface area (Å²) in [7, 11) is 0.461. The van der Waals surface area contributed by atoms with Gasteiger partial charge in [-0.1, -0.05) is 72.8 Å². The number of hydrogen-bond acceptors (Lipinski definition) is 6. The molecule has 3 aromatic rings. The van der Waals surface area contributed by atoms with Gasteiger partial charge in [-0.25, -0.2) is 4.67 Å². The third kappa shape index (κ3) is 8.30. The number of hydrogen-bond donors (Lipinski definition) is 0. The fraction of sp³-hybridized carbons (Fsp3) is 0.406. The Morgan fingerprint density at radius 3 is 1.79 bits per heavy atom. The Hall–Kier alpha value is -2.39. The van der Waals surface area contributed by atoms with Gasteiger partial charge in [-0.3, -0.25) is 0 Å². The minimum atomic E-state index is -1.24. The van der Waals surface area contributed by atoms with Crippen molar-refractivity contribution in [2.45, 2.75) is 57.4 Å². The van der Waals surface area contributed by atoms with Gasteiger partial charge in [0.25, 0.3) is 8.53 Å². The SMILES string of the molecule is COc1ccc(C(SCCCOP(OCCC#N)N(C(C)C)C(C)C)(c2ccccc2)c2ccccc2)cc1. The van der Waals surface area contributed by atoms with Gasteiger partial charge in [0.15, 0.2) is 0 Å². The Kier molecular flexibility index (Phi) is 12.8. The van der Waals surface area contributed by atoms with Crippen molar-refractivity contribution in [1.82, 2.24) is 4.67 Å². The van der Waals surface area contributed by atoms with Gasteiger partial charge in [-0.15, -0.1) is 11.8 Å². The molecule has 0 bridgehead atoms. The van der Waals surface area contributed by atoms with E-state index in [2.05, 4.69) is 111 Å². The molecular formula is C32H41N2O3PS. The van der Waals surface area contributed by atoms with E-state index < -0.39 is 8.53 Å². The van der Waals surface area contributed by atoms with E-state index in [1.165, 1.54) is 16.7 Å². The second kappa shape index (κ2) is 16.0. The molecule has 0 N–H and O–H groups in total. The third-order valence-electron chi connectivity index (χ3n) is 6.33. The molecule has 208 valence electrons. The van der Waals surface area contributed by atoms with Gasteiger partial charge in [-0.2, -0.15) is 5.26 Å². The molecule has 1 atom stereocenters. The smallest absolute Gasteiger partial charge is 0.259 e. The monoisotopic (exact) mass is 564 g/mol. The van der Waals surface area contributed by atoms with Crippen molar-refractivity contribution in [2.24, 2.45) is 0 Å². The van der Waals surface area contributed by atoms with Crippen LogP contribution >= 0.6 is 20.3 Å². The van der Waals surface area contributed by atoms with Crippen molar-refractivity contribution in [3.63, 3.8) is 0 Å². The second-order valence-electron chi connectivity index (χ2n) is 9.72. The molecule has 5 nitrogen and oxygen atoms in total. The first-order valence-electron chi connectivity index (χ1n) is 13.5. The van der Waals surface area contributed by atoms with Crippen LogP contribution in [0.15, 0.2) is 84.9 Å². The second-order valence-corrected chi connectivity index (χ2v) is 12.5. The summed E-state index contributed by atoms with van der Waals surface area (Å²) in [6.07, 6.45) is 1.23. The molecule has 0 amide bonds. The molecule has 0 aliphatic carbocycles. The van der Waals surface area contributed by atoms with Gasteiger partial charge in [0.1, 0.15) is 5.75 Å². The van der Waals surface area contributed by atoms with E-state index in [1.54, 1.807) is 7.11 Å². The molecule has 0 aromatic heterocycles. The van der Waals surface area contributed by atoms with Gasteiger partial charge in [0.05, 0.1) is 37.6 Å². The summed E-state index contributed by atoms with van der Waals surface area (Å²) in [5.74, 6) is 1.73. The number of rotatable bonds is 16. The van der Waals surface area contributed by atoms with Crippen LogP contribution in [0.5, 0.6) is 5.75 Å². The van der Waals surface area contributed by atoms with E-state index in [9.17, 15) is 0 Å². The largest absolute Gasteiger partial charge is 0.497 e. The molecule has 3 rings (SSSR count). The maximum atomic E-state index is 8.98. The fourth-order valence-electron chi connectivity index (χ4n) is 4.66. The Balaban J connectivity index is 1.83. The average Bonchev–Trinajstić information content (AvgIpc) is 2.95. The molecule has 0 radical (unpaired) electrons. The van der Waals surface area contributed by atoms with E-state index in [4.69, 9.17) is 19.0 Å². The molecule has 0 saturated carbocycles. The lowest BCUT2D eigenvalue weighted by Gasteiger charge is -2.36.